The molecule has 0 aliphatic rings. The molecule has 0 saturated carbocycles. The van der Waals surface area contributed by atoms with Crippen molar-refractivity contribution in [3.8, 4) is 5.75 Å². The average molecular weight is 357 g/mol. The van der Waals surface area contributed by atoms with Crippen LogP contribution in [0.4, 0.5) is 4.79 Å². The summed E-state index contributed by atoms with van der Waals surface area (Å²) in [4.78, 5) is 23.5. The highest BCUT2D eigenvalue weighted by Gasteiger charge is 2.18. The van der Waals surface area contributed by atoms with Crippen LogP contribution >= 0.6 is 15.9 Å². The minimum atomic E-state index is -1.11. The lowest BCUT2D eigenvalue weighted by atomic mass is 10.0. The summed E-state index contributed by atoms with van der Waals surface area (Å²) in [6.45, 7) is 0.0202. The number of rotatable bonds is 3. The van der Waals surface area contributed by atoms with Gasteiger partial charge in [-0.1, -0.05) is 0 Å². The third-order valence-corrected chi connectivity index (χ3v) is 3.68. The van der Waals surface area contributed by atoms with E-state index in [2.05, 4.69) is 15.9 Å². The molecule has 1 heterocycles. The Kier molecular flexibility index (Phi) is 4.19. The maximum atomic E-state index is 11.6. The van der Waals surface area contributed by atoms with E-state index in [1.54, 1.807) is 6.07 Å². The molecule has 0 aliphatic heterocycles. The van der Waals surface area contributed by atoms with Crippen LogP contribution in [0.5, 0.6) is 5.75 Å². The number of benzene rings is 1. The SMILES string of the molecule is CN(CC(N)c1cc(=O)oc2cc(O)c(Br)cc12)C(=O)O. The van der Waals surface area contributed by atoms with Crippen molar-refractivity contribution >= 4 is 33.0 Å². The van der Waals surface area contributed by atoms with E-state index >= 15 is 0 Å². The Balaban J connectivity index is 2.54. The molecule has 0 bridgehead atoms. The summed E-state index contributed by atoms with van der Waals surface area (Å²) in [5.41, 5.74) is 6.02. The molecule has 1 unspecified atom stereocenters. The summed E-state index contributed by atoms with van der Waals surface area (Å²) in [5, 5.41) is 19.0. The van der Waals surface area contributed by atoms with Crippen molar-refractivity contribution in [1.29, 1.82) is 0 Å². The molecule has 0 aliphatic carbocycles. The molecule has 8 heteroatoms. The Labute approximate surface area is 127 Å². The fourth-order valence-corrected chi connectivity index (χ4v) is 2.32. The smallest absolute Gasteiger partial charge is 0.407 e. The van der Waals surface area contributed by atoms with E-state index in [-0.39, 0.29) is 17.9 Å². The van der Waals surface area contributed by atoms with Gasteiger partial charge in [-0.2, -0.15) is 0 Å². The molecular formula is C13H13BrN2O5. The largest absolute Gasteiger partial charge is 0.507 e. The monoisotopic (exact) mass is 356 g/mol. The van der Waals surface area contributed by atoms with E-state index < -0.39 is 17.8 Å². The zero-order valence-corrected chi connectivity index (χ0v) is 12.6. The van der Waals surface area contributed by atoms with Crippen LogP contribution in [0.15, 0.2) is 31.9 Å². The zero-order chi connectivity index (χ0) is 15.7. The number of nitrogens with two attached hydrogens (primary N) is 1. The van der Waals surface area contributed by atoms with E-state index in [4.69, 9.17) is 15.3 Å². The molecule has 1 amide bonds. The van der Waals surface area contributed by atoms with E-state index in [1.807, 2.05) is 0 Å². The number of hydrogen-bond donors (Lipinski definition) is 3. The molecule has 7 nitrogen and oxygen atoms in total. The molecule has 1 atom stereocenters. The van der Waals surface area contributed by atoms with Crippen LogP contribution in [-0.4, -0.2) is 34.8 Å². The molecule has 112 valence electrons. The first kappa shape index (κ1) is 15.3. The number of likely N-dealkylation sites (N-methyl/N-ethyl adjacent to an activating group) is 1. The standard InChI is InChI=1S/C13H13BrN2O5/c1-16(13(19)20)5-9(15)6-3-12(18)21-11-4-10(17)8(14)2-7(6)11/h2-4,9,17H,5,15H2,1H3,(H,19,20). The lowest BCUT2D eigenvalue weighted by molar-refractivity contribution is 0.153. The molecule has 0 radical (unpaired) electrons. The number of aromatic hydroxyl groups is 1. The quantitative estimate of drug-likeness (QED) is 0.722. The minimum Gasteiger partial charge on any atom is -0.507 e. The van der Waals surface area contributed by atoms with Gasteiger partial charge in [0, 0.05) is 37.2 Å². The van der Waals surface area contributed by atoms with Gasteiger partial charge in [-0.3, -0.25) is 0 Å². The van der Waals surface area contributed by atoms with Crippen LogP contribution in [0.2, 0.25) is 0 Å². The van der Waals surface area contributed by atoms with Crippen molar-refractivity contribution in [2.75, 3.05) is 13.6 Å². The van der Waals surface area contributed by atoms with Crippen molar-refractivity contribution in [1.82, 2.24) is 4.90 Å². The summed E-state index contributed by atoms with van der Waals surface area (Å²) in [6, 6.07) is 3.40. The Hall–Kier alpha value is -2.06. The first-order chi connectivity index (χ1) is 9.79. The lowest BCUT2D eigenvalue weighted by Gasteiger charge is -2.19. The second-order valence-corrected chi connectivity index (χ2v) is 5.44. The highest BCUT2D eigenvalue weighted by atomic mass is 79.9. The van der Waals surface area contributed by atoms with Crippen molar-refractivity contribution in [3.63, 3.8) is 0 Å². The molecule has 21 heavy (non-hydrogen) atoms. The Morgan fingerprint density at radius 3 is 2.76 bits per heavy atom. The van der Waals surface area contributed by atoms with Crippen LogP contribution in [0, 0.1) is 0 Å². The van der Waals surface area contributed by atoms with E-state index in [1.165, 1.54) is 19.2 Å². The van der Waals surface area contributed by atoms with Crippen LogP contribution in [0.1, 0.15) is 11.6 Å². The van der Waals surface area contributed by atoms with Gasteiger partial charge in [0.25, 0.3) is 0 Å². The maximum absolute atomic E-state index is 11.6. The van der Waals surface area contributed by atoms with Crippen molar-refractivity contribution < 1.29 is 19.4 Å². The van der Waals surface area contributed by atoms with Gasteiger partial charge in [-0.05, 0) is 27.6 Å². The number of halogens is 1. The normalized spacial score (nSPS) is 12.3. The molecule has 1 aromatic carbocycles. The van der Waals surface area contributed by atoms with Gasteiger partial charge in [-0.25, -0.2) is 9.59 Å². The van der Waals surface area contributed by atoms with Gasteiger partial charge in [0.2, 0.25) is 0 Å². The van der Waals surface area contributed by atoms with Gasteiger partial charge < -0.3 is 25.3 Å². The Morgan fingerprint density at radius 2 is 2.14 bits per heavy atom. The van der Waals surface area contributed by atoms with Gasteiger partial charge >= 0.3 is 11.7 Å². The molecule has 0 fully saturated rings. The molecule has 4 N–H and O–H groups in total. The number of carbonyl (C=O) groups is 1. The molecule has 0 spiro atoms. The van der Waals surface area contributed by atoms with Gasteiger partial charge in [0.15, 0.2) is 0 Å². The first-order valence-corrected chi connectivity index (χ1v) is 6.75. The molecule has 2 rings (SSSR count). The van der Waals surface area contributed by atoms with E-state index in [0.717, 1.165) is 4.90 Å². The minimum absolute atomic E-state index is 0.0202. The summed E-state index contributed by atoms with van der Waals surface area (Å²) < 4.78 is 5.44. The molecule has 2 aromatic rings. The topological polar surface area (TPSA) is 117 Å². The van der Waals surface area contributed by atoms with Gasteiger partial charge in [0.05, 0.1) is 4.47 Å². The van der Waals surface area contributed by atoms with Crippen LogP contribution < -0.4 is 11.4 Å². The Morgan fingerprint density at radius 1 is 1.48 bits per heavy atom. The fourth-order valence-electron chi connectivity index (χ4n) is 1.97. The Bertz CT molecular complexity index is 758. The fraction of sp³-hybridized carbons (Fsp3) is 0.231. The lowest BCUT2D eigenvalue weighted by Crippen LogP contribution is -2.33. The number of hydrogen-bond acceptors (Lipinski definition) is 5. The summed E-state index contributed by atoms with van der Waals surface area (Å²) in [5.74, 6) is -0.0703. The number of amides is 1. The molecular weight excluding hydrogens is 344 g/mol. The van der Waals surface area contributed by atoms with Gasteiger partial charge in [-0.15, -0.1) is 0 Å². The number of nitrogens with zero attached hydrogens (tertiary/aromatic N) is 1. The second-order valence-electron chi connectivity index (χ2n) is 4.59. The second kappa shape index (κ2) is 5.74. The third kappa shape index (κ3) is 3.17. The third-order valence-electron chi connectivity index (χ3n) is 3.04. The van der Waals surface area contributed by atoms with Crippen LogP contribution in [0.3, 0.4) is 0 Å². The van der Waals surface area contributed by atoms with E-state index in [0.29, 0.717) is 15.4 Å². The van der Waals surface area contributed by atoms with Crippen molar-refractivity contribution in [2.24, 2.45) is 5.73 Å². The number of phenols is 1. The van der Waals surface area contributed by atoms with E-state index in [9.17, 15) is 14.7 Å². The number of phenolic OH excluding ortho intramolecular Hbond substituents is 1. The highest BCUT2D eigenvalue weighted by molar-refractivity contribution is 9.10. The predicted octanol–water partition coefficient (Wildman–Crippen LogP) is 1.87. The highest BCUT2D eigenvalue weighted by Crippen LogP contribution is 2.31. The number of fused-ring (bicyclic) bond motifs is 1. The molecule has 0 saturated heterocycles. The van der Waals surface area contributed by atoms with Crippen LogP contribution in [-0.2, 0) is 0 Å². The predicted molar refractivity (Wildman–Crippen MR) is 79.4 cm³/mol. The van der Waals surface area contributed by atoms with Crippen molar-refractivity contribution in [3.05, 3.63) is 38.7 Å². The first-order valence-electron chi connectivity index (χ1n) is 5.95. The zero-order valence-electron chi connectivity index (χ0n) is 11.0. The maximum Gasteiger partial charge on any atom is 0.407 e. The molecule has 1 aromatic heterocycles. The van der Waals surface area contributed by atoms with Crippen molar-refractivity contribution in [2.45, 2.75) is 6.04 Å². The summed E-state index contributed by atoms with van der Waals surface area (Å²) in [6.07, 6.45) is -1.11. The summed E-state index contributed by atoms with van der Waals surface area (Å²) in [7, 11) is 1.39. The number of carboxylic acid groups (broad SMARTS) is 1. The summed E-state index contributed by atoms with van der Waals surface area (Å²) >= 11 is 3.18. The van der Waals surface area contributed by atoms with Gasteiger partial charge in [0.1, 0.15) is 11.3 Å². The van der Waals surface area contributed by atoms with Crippen LogP contribution in [0.25, 0.3) is 11.0 Å². The average Bonchev–Trinajstić information content (AvgIpc) is 2.39.